The minimum absolute atomic E-state index is 0.184. The van der Waals surface area contributed by atoms with Crippen LogP contribution in [0.15, 0.2) is 24.3 Å². The van der Waals surface area contributed by atoms with E-state index in [2.05, 4.69) is 43.2 Å². The van der Waals surface area contributed by atoms with Crippen LogP contribution < -0.4 is 15.4 Å². The minimum atomic E-state index is -0.184. The Labute approximate surface area is 134 Å². The average molecular weight is 307 g/mol. The molecule has 0 unspecified atom stereocenters. The van der Waals surface area contributed by atoms with Gasteiger partial charge in [-0.1, -0.05) is 0 Å². The van der Waals surface area contributed by atoms with Crippen molar-refractivity contribution in [2.45, 2.75) is 46.7 Å². The molecule has 2 amide bonds. The van der Waals surface area contributed by atoms with Crippen LogP contribution in [0.3, 0.4) is 0 Å². The van der Waals surface area contributed by atoms with Gasteiger partial charge < -0.3 is 15.4 Å². The van der Waals surface area contributed by atoms with Gasteiger partial charge in [-0.25, -0.2) is 4.79 Å². The van der Waals surface area contributed by atoms with Crippen molar-refractivity contribution in [3.63, 3.8) is 0 Å². The molecule has 2 N–H and O–H groups in total. The zero-order valence-corrected chi connectivity index (χ0v) is 14.3. The number of anilines is 1. The Morgan fingerprint density at radius 2 is 1.73 bits per heavy atom. The monoisotopic (exact) mass is 307 g/mol. The van der Waals surface area contributed by atoms with E-state index in [1.807, 2.05) is 31.2 Å². The maximum atomic E-state index is 11.9. The van der Waals surface area contributed by atoms with Crippen LogP contribution >= 0.6 is 0 Å². The third-order valence-corrected chi connectivity index (χ3v) is 3.41. The summed E-state index contributed by atoms with van der Waals surface area (Å²) in [7, 11) is 0. The van der Waals surface area contributed by atoms with Gasteiger partial charge in [0.25, 0.3) is 0 Å². The highest BCUT2D eigenvalue weighted by atomic mass is 16.5. The lowest BCUT2D eigenvalue weighted by Gasteiger charge is -2.30. The van der Waals surface area contributed by atoms with E-state index < -0.39 is 0 Å². The summed E-state index contributed by atoms with van der Waals surface area (Å²) in [5, 5.41) is 5.71. The van der Waals surface area contributed by atoms with E-state index in [4.69, 9.17) is 4.74 Å². The average Bonchev–Trinajstić information content (AvgIpc) is 2.45. The van der Waals surface area contributed by atoms with E-state index in [-0.39, 0.29) is 6.03 Å². The van der Waals surface area contributed by atoms with Gasteiger partial charge in [0.1, 0.15) is 5.75 Å². The predicted molar refractivity (Wildman–Crippen MR) is 91.6 cm³/mol. The van der Waals surface area contributed by atoms with Crippen LogP contribution in [-0.4, -0.2) is 42.7 Å². The molecule has 1 rings (SSSR count). The highest BCUT2D eigenvalue weighted by Gasteiger charge is 2.13. The number of benzene rings is 1. The molecule has 0 fully saturated rings. The SMILES string of the molecule is CCOc1ccc(NC(=O)NCCN(C(C)C)C(C)C)cc1. The first kappa shape index (κ1) is 18.3. The van der Waals surface area contributed by atoms with Crippen molar-refractivity contribution in [3.8, 4) is 5.75 Å². The van der Waals surface area contributed by atoms with E-state index in [0.717, 1.165) is 18.0 Å². The molecule has 124 valence electrons. The molecule has 1 aromatic carbocycles. The molecule has 0 bridgehead atoms. The lowest BCUT2D eigenvalue weighted by molar-refractivity contribution is 0.176. The van der Waals surface area contributed by atoms with E-state index >= 15 is 0 Å². The fourth-order valence-corrected chi connectivity index (χ4v) is 2.39. The summed E-state index contributed by atoms with van der Waals surface area (Å²) in [5.41, 5.74) is 0.755. The maximum Gasteiger partial charge on any atom is 0.319 e. The number of carbonyl (C=O) groups excluding carboxylic acids is 1. The first-order valence-electron chi connectivity index (χ1n) is 7.97. The van der Waals surface area contributed by atoms with Crippen LogP contribution in [0.5, 0.6) is 5.75 Å². The van der Waals surface area contributed by atoms with Gasteiger partial charge in [-0.15, -0.1) is 0 Å². The molecule has 22 heavy (non-hydrogen) atoms. The smallest absolute Gasteiger partial charge is 0.319 e. The second-order valence-electron chi connectivity index (χ2n) is 5.76. The van der Waals surface area contributed by atoms with Crippen LogP contribution in [0.4, 0.5) is 10.5 Å². The Balaban J connectivity index is 2.36. The van der Waals surface area contributed by atoms with Gasteiger partial charge in [0, 0.05) is 30.9 Å². The second-order valence-corrected chi connectivity index (χ2v) is 5.76. The molecule has 5 nitrogen and oxygen atoms in total. The first-order chi connectivity index (χ1) is 10.4. The highest BCUT2D eigenvalue weighted by molar-refractivity contribution is 5.89. The van der Waals surface area contributed by atoms with Gasteiger partial charge in [-0.3, -0.25) is 4.90 Å². The van der Waals surface area contributed by atoms with Gasteiger partial charge in [-0.2, -0.15) is 0 Å². The molecule has 5 heteroatoms. The van der Waals surface area contributed by atoms with Crippen molar-refractivity contribution in [2.24, 2.45) is 0 Å². The van der Waals surface area contributed by atoms with Gasteiger partial charge in [-0.05, 0) is 58.9 Å². The summed E-state index contributed by atoms with van der Waals surface area (Å²) in [4.78, 5) is 14.2. The van der Waals surface area contributed by atoms with Gasteiger partial charge in [0.2, 0.25) is 0 Å². The van der Waals surface area contributed by atoms with Gasteiger partial charge in [0.15, 0.2) is 0 Å². The quantitative estimate of drug-likeness (QED) is 0.774. The topological polar surface area (TPSA) is 53.6 Å². The molecule has 0 saturated heterocycles. The fourth-order valence-electron chi connectivity index (χ4n) is 2.39. The van der Waals surface area contributed by atoms with E-state index in [1.165, 1.54) is 0 Å². The van der Waals surface area contributed by atoms with Crippen LogP contribution in [-0.2, 0) is 0 Å². The molecule has 1 aromatic rings. The standard InChI is InChI=1S/C17H29N3O2/c1-6-22-16-9-7-15(8-10-16)19-17(21)18-11-12-20(13(2)3)14(4)5/h7-10,13-14H,6,11-12H2,1-5H3,(H2,18,19,21). The third kappa shape index (κ3) is 6.35. The Morgan fingerprint density at radius 3 is 2.23 bits per heavy atom. The van der Waals surface area contributed by atoms with E-state index in [1.54, 1.807) is 0 Å². The van der Waals surface area contributed by atoms with Crippen molar-refractivity contribution >= 4 is 11.7 Å². The van der Waals surface area contributed by atoms with E-state index in [9.17, 15) is 4.79 Å². The molecule has 0 aromatic heterocycles. The Morgan fingerprint density at radius 1 is 1.14 bits per heavy atom. The number of hydrogen-bond acceptors (Lipinski definition) is 3. The zero-order valence-electron chi connectivity index (χ0n) is 14.3. The van der Waals surface area contributed by atoms with Crippen molar-refractivity contribution in [1.82, 2.24) is 10.2 Å². The summed E-state index contributed by atoms with van der Waals surface area (Å²) in [6.07, 6.45) is 0. The van der Waals surface area contributed by atoms with Crippen LogP contribution in [0.25, 0.3) is 0 Å². The van der Waals surface area contributed by atoms with Gasteiger partial charge >= 0.3 is 6.03 Å². The van der Waals surface area contributed by atoms with Gasteiger partial charge in [0.05, 0.1) is 6.61 Å². The Bertz CT molecular complexity index is 436. The lowest BCUT2D eigenvalue weighted by Crippen LogP contribution is -2.43. The minimum Gasteiger partial charge on any atom is -0.494 e. The van der Waals surface area contributed by atoms with E-state index in [0.29, 0.717) is 25.2 Å². The summed E-state index contributed by atoms with van der Waals surface area (Å²) < 4.78 is 5.37. The molecular weight excluding hydrogens is 278 g/mol. The molecule has 0 radical (unpaired) electrons. The Kier molecular flexibility index (Phi) is 7.74. The molecule has 0 heterocycles. The van der Waals surface area contributed by atoms with Crippen LogP contribution in [0.2, 0.25) is 0 Å². The van der Waals surface area contributed by atoms with Crippen molar-refractivity contribution in [1.29, 1.82) is 0 Å². The molecule has 0 aliphatic heterocycles. The number of nitrogens with zero attached hydrogens (tertiary/aromatic N) is 1. The summed E-state index contributed by atoms with van der Waals surface area (Å²) in [6, 6.07) is 8.11. The number of hydrogen-bond donors (Lipinski definition) is 2. The molecule has 0 spiro atoms. The fraction of sp³-hybridized carbons (Fsp3) is 0.588. The van der Waals surface area contributed by atoms with Crippen LogP contribution in [0.1, 0.15) is 34.6 Å². The number of rotatable bonds is 8. The summed E-state index contributed by atoms with van der Waals surface area (Å²) in [6.45, 7) is 12.7. The summed E-state index contributed by atoms with van der Waals surface area (Å²) in [5.74, 6) is 0.804. The maximum absolute atomic E-state index is 11.9. The number of amides is 2. The number of ether oxygens (including phenoxy) is 1. The largest absolute Gasteiger partial charge is 0.494 e. The normalized spacial score (nSPS) is 11.1. The lowest BCUT2D eigenvalue weighted by atomic mass is 10.2. The third-order valence-electron chi connectivity index (χ3n) is 3.41. The predicted octanol–water partition coefficient (Wildman–Crippen LogP) is 3.33. The number of urea groups is 1. The molecule has 0 atom stereocenters. The second kappa shape index (κ2) is 9.30. The number of carbonyl (C=O) groups is 1. The summed E-state index contributed by atoms with van der Waals surface area (Å²) >= 11 is 0. The zero-order chi connectivity index (χ0) is 16.5. The highest BCUT2D eigenvalue weighted by Crippen LogP contribution is 2.15. The first-order valence-corrected chi connectivity index (χ1v) is 7.97. The molecular formula is C17H29N3O2. The van der Waals surface area contributed by atoms with Crippen LogP contribution in [0, 0.1) is 0 Å². The number of nitrogens with one attached hydrogen (secondary N) is 2. The van der Waals surface area contributed by atoms with Crippen molar-refractivity contribution in [3.05, 3.63) is 24.3 Å². The molecule has 0 aliphatic rings. The van der Waals surface area contributed by atoms with Crippen molar-refractivity contribution < 1.29 is 9.53 Å². The van der Waals surface area contributed by atoms with Crippen molar-refractivity contribution in [2.75, 3.05) is 25.0 Å². The Hall–Kier alpha value is -1.75. The molecule has 0 aliphatic carbocycles. The molecule has 0 saturated carbocycles.